The van der Waals surface area contributed by atoms with Crippen molar-refractivity contribution in [3.63, 3.8) is 0 Å². The lowest BCUT2D eigenvalue weighted by molar-refractivity contribution is 0.424. The van der Waals surface area contributed by atoms with Gasteiger partial charge in [0.2, 0.25) is 0 Å². The summed E-state index contributed by atoms with van der Waals surface area (Å²) >= 11 is 1.70. The van der Waals surface area contributed by atoms with Crippen LogP contribution in [0.4, 0.5) is 0 Å². The third-order valence-electron chi connectivity index (χ3n) is 3.44. The van der Waals surface area contributed by atoms with Gasteiger partial charge >= 0.3 is 0 Å². The van der Waals surface area contributed by atoms with E-state index < -0.39 is 0 Å². The minimum atomic E-state index is -0.336. The van der Waals surface area contributed by atoms with Crippen LogP contribution in [-0.4, -0.2) is 27.3 Å². The van der Waals surface area contributed by atoms with Gasteiger partial charge in [0.15, 0.2) is 5.16 Å². The third kappa shape index (κ3) is 3.68. The molecule has 19 heavy (non-hydrogen) atoms. The molecule has 0 spiro atoms. The Morgan fingerprint density at radius 3 is 3.16 bits per heavy atom. The quantitative estimate of drug-likeness (QED) is 0.838. The van der Waals surface area contributed by atoms with Gasteiger partial charge in [0.05, 0.1) is 6.07 Å². The summed E-state index contributed by atoms with van der Waals surface area (Å²) in [4.78, 5) is 8.71. The average Bonchev–Trinajstić information content (AvgIpc) is 2.80. The fourth-order valence-corrected chi connectivity index (χ4v) is 3.62. The van der Waals surface area contributed by atoms with Crippen molar-refractivity contribution in [2.45, 2.75) is 55.5 Å². The van der Waals surface area contributed by atoms with Crippen LogP contribution in [0.3, 0.4) is 0 Å². The molecule has 0 aromatic carbocycles. The zero-order valence-corrected chi connectivity index (χ0v) is 12.3. The van der Waals surface area contributed by atoms with Crippen LogP contribution in [-0.2, 0) is 0 Å². The van der Waals surface area contributed by atoms with E-state index in [2.05, 4.69) is 28.3 Å². The number of aryl methyl sites for hydroxylation is 1. The molecule has 1 heterocycles. The highest BCUT2D eigenvalue weighted by molar-refractivity contribution is 7.99. The monoisotopic (exact) mass is 276 g/mol. The zero-order valence-electron chi connectivity index (χ0n) is 11.5. The molecule has 5 heteroatoms. The Morgan fingerprint density at radius 2 is 2.47 bits per heavy atom. The van der Waals surface area contributed by atoms with Gasteiger partial charge in [-0.2, -0.15) is 5.26 Å². The number of nitrogens with zero attached hydrogens (tertiary/aromatic N) is 3. The lowest BCUT2D eigenvalue weighted by atomic mass is 10.00. The fourth-order valence-electron chi connectivity index (χ4n) is 2.40. The topological polar surface area (TPSA) is 61.6 Å². The molecule has 0 aliphatic heterocycles. The summed E-state index contributed by atoms with van der Waals surface area (Å²) in [5, 5.41) is 14.1. The maximum absolute atomic E-state index is 9.42. The predicted octanol–water partition coefficient (Wildman–Crippen LogP) is 2.69. The summed E-state index contributed by atoms with van der Waals surface area (Å²) < 4.78 is 0. The van der Waals surface area contributed by atoms with Crippen molar-refractivity contribution in [2.75, 3.05) is 6.54 Å². The van der Waals surface area contributed by atoms with Crippen molar-refractivity contribution in [3.05, 3.63) is 18.0 Å². The molecular formula is C14H20N4S. The van der Waals surface area contributed by atoms with E-state index in [0.29, 0.717) is 5.25 Å². The van der Waals surface area contributed by atoms with Crippen LogP contribution in [0.15, 0.2) is 17.4 Å². The SMILES string of the molecule is CCCNC1(C#N)CCC(Sc2nccc(C)n2)C1. The molecule has 1 aromatic rings. The molecular weight excluding hydrogens is 256 g/mol. The maximum Gasteiger partial charge on any atom is 0.187 e. The summed E-state index contributed by atoms with van der Waals surface area (Å²) in [5.41, 5.74) is 0.656. The highest BCUT2D eigenvalue weighted by Gasteiger charge is 2.39. The Hall–Kier alpha value is -1.12. The van der Waals surface area contributed by atoms with Crippen molar-refractivity contribution >= 4 is 11.8 Å². The summed E-state index contributed by atoms with van der Waals surface area (Å²) in [7, 11) is 0. The Labute approximate surface area is 119 Å². The Morgan fingerprint density at radius 1 is 1.63 bits per heavy atom. The van der Waals surface area contributed by atoms with Crippen LogP contribution in [0.2, 0.25) is 0 Å². The van der Waals surface area contributed by atoms with Gasteiger partial charge in [-0.3, -0.25) is 5.32 Å². The van der Waals surface area contributed by atoms with Crippen molar-refractivity contribution in [1.82, 2.24) is 15.3 Å². The van der Waals surface area contributed by atoms with E-state index in [1.165, 1.54) is 0 Å². The second kappa shape index (κ2) is 6.36. The van der Waals surface area contributed by atoms with Crippen LogP contribution in [0.1, 0.15) is 38.3 Å². The van der Waals surface area contributed by atoms with Crippen molar-refractivity contribution in [1.29, 1.82) is 5.26 Å². The van der Waals surface area contributed by atoms with E-state index >= 15 is 0 Å². The average molecular weight is 276 g/mol. The number of hydrogen-bond acceptors (Lipinski definition) is 5. The van der Waals surface area contributed by atoms with Crippen LogP contribution < -0.4 is 5.32 Å². The molecule has 0 saturated heterocycles. The first-order chi connectivity index (χ1) is 9.17. The molecule has 1 aliphatic carbocycles. The molecule has 2 atom stereocenters. The molecule has 1 aliphatic rings. The fraction of sp³-hybridized carbons (Fsp3) is 0.643. The minimum absolute atomic E-state index is 0.336. The smallest absolute Gasteiger partial charge is 0.187 e. The second-order valence-electron chi connectivity index (χ2n) is 5.08. The molecule has 1 aromatic heterocycles. The number of aromatic nitrogens is 2. The van der Waals surface area contributed by atoms with E-state index in [9.17, 15) is 5.26 Å². The van der Waals surface area contributed by atoms with Gasteiger partial charge < -0.3 is 0 Å². The van der Waals surface area contributed by atoms with Crippen molar-refractivity contribution < 1.29 is 0 Å². The molecule has 0 bridgehead atoms. The van der Waals surface area contributed by atoms with E-state index in [0.717, 1.165) is 43.1 Å². The highest BCUT2D eigenvalue weighted by Crippen LogP contribution is 2.38. The maximum atomic E-state index is 9.42. The first-order valence-corrected chi connectivity index (χ1v) is 7.68. The lowest BCUT2D eigenvalue weighted by Crippen LogP contribution is -2.42. The zero-order chi connectivity index (χ0) is 13.7. The van der Waals surface area contributed by atoms with E-state index in [1.807, 2.05) is 13.0 Å². The Bertz CT molecular complexity index is 471. The van der Waals surface area contributed by atoms with Crippen LogP contribution in [0, 0.1) is 18.3 Å². The molecule has 0 amide bonds. The second-order valence-corrected chi connectivity index (χ2v) is 6.35. The van der Waals surface area contributed by atoms with Crippen LogP contribution in [0.25, 0.3) is 0 Å². The van der Waals surface area contributed by atoms with Gasteiger partial charge in [-0.25, -0.2) is 9.97 Å². The van der Waals surface area contributed by atoms with Gasteiger partial charge in [-0.1, -0.05) is 18.7 Å². The van der Waals surface area contributed by atoms with Gasteiger partial charge in [0.25, 0.3) is 0 Å². The standard InChI is InChI=1S/C14H20N4S/c1-3-7-17-14(10-15)6-4-12(9-14)19-13-16-8-5-11(2)18-13/h5,8,12,17H,3-4,6-7,9H2,1-2H3. The normalized spacial score (nSPS) is 26.3. The minimum Gasteiger partial charge on any atom is -0.299 e. The number of nitrogens with one attached hydrogen (secondary N) is 1. The van der Waals surface area contributed by atoms with Gasteiger partial charge in [-0.15, -0.1) is 0 Å². The van der Waals surface area contributed by atoms with Crippen LogP contribution >= 0.6 is 11.8 Å². The third-order valence-corrected chi connectivity index (χ3v) is 4.58. The molecule has 2 unspecified atom stereocenters. The van der Waals surface area contributed by atoms with E-state index in [-0.39, 0.29) is 5.54 Å². The molecule has 2 rings (SSSR count). The molecule has 4 nitrogen and oxygen atoms in total. The number of thioether (sulfide) groups is 1. The van der Waals surface area contributed by atoms with Gasteiger partial charge in [0, 0.05) is 17.1 Å². The molecule has 1 N–H and O–H groups in total. The van der Waals surface area contributed by atoms with E-state index in [4.69, 9.17) is 0 Å². The molecule has 1 saturated carbocycles. The predicted molar refractivity (Wildman–Crippen MR) is 76.9 cm³/mol. The summed E-state index contributed by atoms with van der Waals surface area (Å²) in [5.74, 6) is 0. The highest BCUT2D eigenvalue weighted by atomic mass is 32.2. The number of hydrogen-bond donors (Lipinski definition) is 1. The van der Waals surface area contributed by atoms with Crippen LogP contribution in [0.5, 0.6) is 0 Å². The number of rotatable bonds is 5. The molecule has 1 fully saturated rings. The van der Waals surface area contributed by atoms with Crippen molar-refractivity contribution in [3.8, 4) is 6.07 Å². The Kier molecular flexibility index (Phi) is 4.78. The Balaban J connectivity index is 1.96. The largest absolute Gasteiger partial charge is 0.299 e. The first kappa shape index (κ1) is 14.3. The summed E-state index contributed by atoms with van der Waals surface area (Å²) in [6.07, 6.45) is 5.71. The summed E-state index contributed by atoms with van der Waals surface area (Å²) in [6, 6.07) is 4.38. The van der Waals surface area contributed by atoms with Gasteiger partial charge in [-0.05, 0) is 45.2 Å². The summed E-state index contributed by atoms with van der Waals surface area (Å²) in [6.45, 7) is 5.01. The van der Waals surface area contributed by atoms with Gasteiger partial charge in [0.1, 0.15) is 5.54 Å². The van der Waals surface area contributed by atoms with E-state index in [1.54, 1.807) is 18.0 Å². The lowest BCUT2D eigenvalue weighted by Gasteiger charge is -2.22. The molecule has 102 valence electrons. The van der Waals surface area contributed by atoms with Crippen molar-refractivity contribution in [2.24, 2.45) is 0 Å². The number of nitriles is 1. The molecule has 0 radical (unpaired) electrons. The first-order valence-electron chi connectivity index (χ1n) is 6.80.